The van der Waals surface area contributed by atoms with Gasteiger partial charge >= 0.3 is 10.2 Å². The van der Waals surface area contributed by atoms with Crippen molar-refractivity contribution in [2.24, 2.45) is 4.40 Å². The van der Waals surface area contributed by atoms with Crippen LogP contribution in [0.4, 0.5) is 15.9 Å². The highest BCUT2D eigenvalue weighted by molar-refractivity contribution is 7.92. The third-order valence-corrected chi connectivity index (χ3v) is 8.97. The van der Waals surface area contributed by atoms with Gasteiger partial charge in [-0.2, -0.15) is 8.42 Å². The van der Waals surface area contributed by atoms with E-state index < -0.39 is 16.0 Å². The number of amides is 1. The van der Waals surface area contributed by atoms with Crippen LogP contribution in [-0.4, -0.2) is 60.1 Å². The van der Waals surface area contributed by atoms with Gasteiger partial charge in [-0.15, -0.1) is 4.40 Å². The van der Waals surface area contributed by atoms with E-state index in [0.29, 0.717) is 24.3 Å². The molecule has 1 aromatic heterocycles. The highest BCUT2D eigenvalue weighted by Crippen LogP contribution is 2.43. The number of piperazine rings is 1. The summed E-state index contributed by atoms with van der Waals surface area (Å²) < 4.78 is 48.5. The molecular weight excluding hydrogens is 565 g/mol. The summed E-state index contributed by atoms with van der Waals surface area (Å²) in [6.45, 7) is 12.0. The summed E-state index contributed by atoms with van der Waals surface area (Å²) in [6, 6.07) is 14.3. The van der Waals surface area contributed by atoms with Crippen LogP contribution in [0.2, 0.25) is 5.02 Å². The minimum absolute atomic E-state index is 0.00934. The van der Waals surface area contributed by atoms with Crippen molar-refractivity contribution in [3.05, 3.63) is 89.2 Å². The van der Waals surface area contributed by atoms with Crippen LogP contribution in [0.5, 0.6) is 0 Å². The number of carbonyl (C=O) groups is 1. The molecule has 11 heteroatoms. The summed E-state index contributed by atoms with van der Waals surface area (Å²) in [5.41, 5.74) is 1.85. The number of nitrogens with zero attached hydrogens (tertiary/aromatic N) is 5. The van der Waals surface area contributed by atoms with Gasteiger partial charge in [0.25, 0.3) is 0 Å². The Bertz CT molecular complexity index is 1680. The van der Waals surface area contributed by atoms with Crippen molar-refractivity contribution < 1.29 is 17.6 Å². The van der Waals surface area contributed by atoms with Crippen LogP contribution in [0, 0.1) is 5.82 Å². The van der Waals surface area contributed by atoms with E-state index in [9.17, 15) is 17.6 Å². The van der Waals surface area contributed by atoms with Crippen molar-refractivity contribution in [3.8, 4) is 11.3 Å². The van der Waals surface area contributed by atoms with Gasteiger partial charge in [-0.3, -0.25) is 4.79 Å². The zero-order valence-corrected chi connectivity index (χ0v) is 24.8. The Hall–Kier alpha value is -3.76. The molecule has 0 aliphatic carbocycles. The second kappa shape index (κ2) is 10.9. The normalized spacial score (nSPS) is 20.1. The van der Waals surface area contributed by atoms with Gasteiger partial charge in [0.15, 0.2) is 11.7 Å². The van der Waals surface area contributed by atoms with E-state index in [1.54, 1.807) is 41.3 Å². The first-order valence-electron chi connectivity index (χ1n) is 13.3. The predicted molar refractivity (Wildman–Crippen MR) is 160 cm³/mol. The van der Waals surface area contributed by atoms with Crippen LogP contribution in [0.3, 0.4) is 0 Å². The summed E-state index contributed by atoms with van der Waals surface area (Å²) in [4.78, 5) is 20.7. The third-order valence-electron chi connectivity index (χ3n) is 7.44. The number of pyridine rings is 1. The molecule has 3 heterocycles. The lowest BCUT2D eigenvalue weighted by Gasteiger charge is -2.46. The van der Waals surface area contributed by atoms with Crippen molar-refractivity contribution in [2.45, 2.75) is 45.7 Å². The Morgan fingerprint density at radius 1 is 1.07 bits per heavy atom. The van der Waals surface area contributed by atoms with Crippen molar-refractivity contribution in [2.75, 3.05) is 17.4 Å². The topological polar surface area (TPSA) is 86.2 Å². The highest BCUT2D eigenvalue weighted by Gasteiger charge is 2.41. The first-order valence-corrected chi connectivity index (χ1v) is 15.1. The Morgan fingerprint density at radius 2 is 1.76 bits per heavy atom. The fraction of sp³-hybridized carbons (Fsp3) is 0.300. The maximum absolute atomic E-state index is 14.9. The second-order valence-corrected chi connectivity index (χ2v) is 12.4. The average Bonchev–Trinajstić information content (AvgIpc) is 2.93. The number of aromatic nitrogens is 1. The fourth-order valence-corrected chi connectivity index (χ4v) is 6.93. The quantitative estimate of drug-likeness (QED) is 0.350. The molecule has 1 amide bonds. The van der Waals surface area contributed by atoms with Crippen LogP contribution in [0.25, 0.3) is 11.3 Å². The lowest BCUT2D eigenvalue weighted by molar-refractivity contribution is -0.130. The summed E-state index contributed by atoms with van der Waals surface area (Å²) in [5.74, 6) is -0.481. The van der Waals surface area contributed by atoms with E-state index in [0.717, 1.165) is 9.87 Å². The fourth-order valence-electron chi connectivity index (χ4n) is 5.40. The van der Waals surface area contributed by atoms with Gasteiger partial charge in [-0.05, 0) is 55.7 Å². The van der Waals surface area contributed by atoms with Gasteiger partial charge in [-0.25, -0.2) is 13.7 Å². The smallest absolute Gasteiger partial charge is 0.349 e. The predicted octanol–water partition coefficient (Wildman–Crippen LogP) is 5.91. The molecule has 2 aromatic carbocycles. The summed E-state index contributed by atoms with van der Waals surface area (Å²) in [7, 11) is -4.36. The number of fused-ring (bicyclic) bond motifs is 1. The molecule has 0 bridgehead atoms. The molecule has 214 valence electrons. The van der Waals surface area contributed by atoms with Crippen LogP contribution in [0.15, 0.2) is 71.6 Å². The monoisotopic (exact) mass is 595 g/mol. The number of carbonyl (C=O) groups excluding carboxylic acids is 1. The Kier molecular flexibility index (Phi) is 7.65. The first-order chi connectivity index (χ1) is 19.4. The number of rotatable bonds is 4. The van der Waals surface area contributed by atoms with Crippen LogP contribution in [-0.2, 0) is 15.0 Å². The van der Waals surface area contributed by atoms with E-state index in [2.05, 4.69) is 11.0 Å². The summed E-state index contributed by atoms with van der Waals surface area (Å²) in [6.07, 6.45) is 1.27. The lowest BCUT2D eigenvalue weighted by atomic mass is 10.0. The molecule has 2 atom stereocenters. The van der Waals surface area contributed by atoms with Crippen molar-refractivity contribution in [3.63, 3.8) is 0 Å². The SMILES string of the molecule is C=CC(=O)N1C[C@H](C)N(C2=NS(=O)(=O)N(c3ccccc3C(C)C)c3nc(-c4ccccc4F)c(Cl)cc32)C[C@H]1C. The zero-order valence-electron chi connectivity index (χ0n) is 23.3. The number of hydrogen-bond donors (Lipinski definition) is 0. The minimum Gasteiger partial charge on any atom is -0.349 e. The molecule has 8 nitrogen and oxygen atoms in total. The van der Waals surface area contributed by atoms with Crippen molar-refractivity contribution >= 4 is 45.1 Å². The average molecular weight is 596 g/mol. The molecule has 2 aliphatic heterocycles. The number of amidine groups is 1. The molecule has 1 fully saturated rings. The van der Waals surface area contributed by atoms with Gasteiger partial charge in [0.05, 0.1) is 22.0 Å². The van der Waals surface area contributed by atoms with Crippen molar-refractivity contribution in [1.29, 1.82) is 0 Å². The molecule has 0 saturated carbocycles. The number of benzene rings is 2. The van der Waals surface area contributed by atoms with Crippen LogP contribution in [0.1, 0.15) is 44.7 Å². The second-order valence-electron chi connectivity index (χ2n) is 10.6. The van der Waals surface area contributed by atoms with E-state index >= 15 is 0 Å². The van der Waals surface area contributed by atoms with Gasteiger partial charge in [0.2, 0.25) is 5.91 Å². The molecule has 3 aromatic rings. The van der Waals surface area contributed by atoms with E-state index in [-0.39, 0.29) is 51.8 Å². The van der Waals surface area contributed by atoms with Gasteiger partial charge < -0.3 is 9.80 Å². The molecule has 1 saturated heterocycles. The molecule has 41 heavy (non-hydrogen) atoms. The Labute approximate surface area is 245 Å². The largest absolute Gasteiger partial charge is 0.352 e. The lowest BCUT2D eigenvalue weighted by Crippen LogP contribution is -2.60. The van der Waals surface area contributed by atoms with Crippen LogP contribution < -0.4 is 4.31 Å². The third kappa shape index (κ3) is 5.10. The van der Waals surface area contributed by atoms with Crippen LogP contribution >= 0.6 is 11.6 Å². The molecule has 0 unspecified atom stereocenters. The number of hydrogen-bond acceptors (Lipinski definition) is 5. The number of anilines is 2. The summed E-state index contributed by atoms with van der Waals surface area (Å²) >= 11 is 6.73. The van der Waals surface area contributed by atoms with Gasteiger partial charge in [0.1, 0.15) is 5.82 Å². The molecule has 0 N–H and O–H groups in total. The molecule has 0 spiro atoms. The van der Waals surface area contributed by atoms with Gasteiger partial charge in [-0.1, -0.05) is 62.4 Å². The van der Waals surface area contributed by atoms with E-state index in [4.69, 9.17) is 16.6 Å². The first kappa shape index (κ1) is 28.8. The zero-order chi connectivity index (χ0) is 29.6. The van der Waals surface area contributed by atoms with Crippen molar-refractivity contribution in [1.82, 2.24) is 14.8 Å². The molecule has 2 aliphatic rings. The Morgan fingerprint density at radius 3 is 2.44 bits per heavy atom. The number of para-hydroxylation sites is 1. The molecular formula is C30H31ClFN5O3S. The number of halogens is 2. The molecule has 5 rings (SSSR count). The molecule has 0 radical (unpaired) electrons. The maximum atomic E-state index is 14.9. The minimum atomic E-state index is -4.36. The van der Waals surface area contributed by atoms with E-state index in [1.807, 2.05) is 44.7 Å². The summed E-state index contributed by atoms with van der Waals surface area (Å²) in [5, 5.41) is 0.152. The Balaban J connectivity index is 1.75. The standard InChI is InChI=1S/C30H31ClFN5O3S/c1-6-27(38)35-16-20(5)36(17-19(35)4)30-23-15-24(31)28(22-12-7-9-13-25(22)32)33-29(23)37(41(39,40)34-30)26-14-10-8-11-21(26)18(2)3/h6-15,18-20H,1,16-17H2,2-5H3/t19-,20+/m1/s1. The van der Waals surface area contributed by atoms with Gasteiger partial charge in [0, 0.05) is 30.7 Å². The maximum Gasteiger partial charge on any atom is 0.352 e. The highest BCUT2D eigenvalue weighted by atomic mass is 35.5. The van der Waals surface area contributed by atoms with E-state index in [1.165, 1.54) is 12.1 Å².